The predicted molar refractivity (Wildman–Crippen MR) is 91.1 cm³/mol. The van der Waals surface area contributed by atoms with Crippen molar-refractivity contribution in [3.63, 3.8) is 0 Å². The Morgan fingerprint density at radius 3 is 2.96 bits per heavy atom. The van der Waals surface area contributed by atoms with Crippen LogP contribution in [0.4, 0.5) is 5.13 Å². The van der Waals surface area contributed by atoms with Gasteiger partial charge in [0.1, 0.15) is 5.01 Å². The van der Waals surface area contributed by atoms with Crippen molar-refractivity contribution in [1.29, 1.82) is 0 Å². The van der Waals surface area contributed by atoms with Gasteiger partial charge in [0.05, 0.1) is 17.2 Å². The number of rotatable bonds is 5. The molecule has 1 fully saturated rings. The first-order chi connectivity index (χ1) is 11.7. The lowest BCUT2D eigenvalue weighted by atomic mass is 10.2. The van der Waals surface area contributed by atoms with E-state index in [1.807, 2.05) is 6.07 Å². The van der Waals surface area contributed by atoms with Crippen LogP contribution in [0.1, 0.15) is 30.2 Å². The van der Waals surface area contributed by atoms with E-state index in [9.17, 15) is 9.59 Å². The molecule has 0 saturated heterocycles. The summed E-state index contributed by atoms with van der Waals surface area (Å²) in [7, 11) is 0. The van der Waals surface area contributed by atoms with Crippen LogP contribution < -0.4 is 10.9 Å². The quantitative estimate of drug-likeness (QED) is 0.768. The third-order valence-electron chi connectivity index (χ3n) is 3.92. The first kappa shape index (κ1) is 14.9. The molecule has 1 saturated carbocycles. The maximum absolute atomic E-state index is 12.4. The number of carbonyl (C=O) groups excluding carboxylic acids is 1. The number of carbonyl (C=O) groups is 1. The second-order valence-electron chi connectivity index (χ2n) is 5.78. The van der Waals surface area contributed by atoms with Crippen molar-refractivity contribution in [2.75, 3.05) is 5.32 Å². The van der Waals surface area contributed by atoms with Gasteiger partial charge in [-0.1, -0.05) is 23.5 Å². The van der Waals surface area contributed by atoms with Crippen LogP contribution in [0.3, 0.4) is 0 Å². The Bertz CT molecular complexity index is 960. The number of hydrogen-bond donors (Lipinski definition) is 1. The number of amides is 1. The summed E-state index contributed by atoms with van der Waals surface area (Å²) in [6.07, 6.45) is 3.97. The van der Waals surface area contributed by atoms with Gasteiger partial charge in [-0.25, -0.2) is 4.98 Å². The summed E-state index contributed by atoms with van der Waals surface area (Å²) >= 11 is 1.42. The third kappa shape index (κ3) is 3.05. The van der Waals surface area contributed by atoms with Crippen molar-refractivity contribution >= 4 is 33.3 Å². The predicted octanol–water partition coefficient (Wildman–Crippen LogP) is 2.15. The summed E-state index contributed by atoms with van der Waals surface area (Å²) in [6.45, 7) is 0.275. The Morgan fingerprint density at radius 1 is 1.29 bits per heavy atom. The molecule has 2 heterocycles. The Hall–Kier alpha value is -2.61. The molecule has 4 rings (SSSR count). The molecular weight excluding hydrogens is 326 g/mol. The van der Waals surface area contributed by atoms with Gasteiger partial charge in [-0.3, -0.25) is 14.2 Å². The topological polar surface area (TPSA) is 89.8 Å². The minimum absolute atomic E-state index is 0.139. The highest BCUT2D eigenvalue weighted by Crippen LogP contribution is 2.42. The van der Waals surface area contributed by atoms with Crippen LogP contribution in [0.25, 0.3) is 10.9 Å². The molecule has 122 valence electrons. The average Bonchev–Trinajstić information content (AvgIpc) is 3.34. The SMILES string of the molecule is O=C(CCn1cnc2ccccc2c1=O)Nc1nnc(C2CC2)s1. The first-order valence-electron chi connectivity index (χ1n) is 7.78. The van der Waals surface area contributed by atoms with Gasteiger partial charge < -0.3 is 5.32 Å². The lowest BCUT2D eigenvalue weighted by Gasteiger charge is -2.06. The van der Waals surface area contributed by atoms with Crippen LogP contribution in [0.5, 0.6) is 0 Å². The molecule has 0 spiro atoms. The first-order valence-corrected chi connectivity index (χ1v) is 8.60. The highest BCUT2D eigenvalue weighted by atomic mass is 32.1. The van der Waals surface area contributed by atoms with Gasteiger partial charge in [0.15, 0.2) is 0 Å². The molecule has 0 radical (unpaired) electrons. The van der Waals surface area contributed by atoms with E-state index < -0.39 is 0 Å². The van der Waals surface area contributed by atoms with Crippen molar-refractivity contribution in [2.24, 2.45) is 0 Å². The summed E-state index contributed by atoms with van der Waals surface area (Å²) in [5.41, 5.74) is 0.519. The maximum Gasteiger partial charge on any atom is 0.261 e. The second-order valence-corrected chi connectivity index (χ2v) is 6.79. The summed E-state index contributed by atoms with van der Waals surface area (Å²) in [5.74, 6) is 0.337. The fourth-order valence-electron chi connectivity index (χ4n) is 2.45. The molecule has 3 aromatic rings. The summed E-state index contributed by atoms with van der Waals surface area (Å²) in [6, 6.07) is 7.17. The average molecular weight is 341 g/mol. The van der Waals surface area contributed by atoms with Gasteiger partial charge in [-0.05, 0) is 25.0 Å². The zero-order valence-electron chi connectivity index (χ0n) is 12.8. The molecule has 1 aliphatic carbocycles. The minimum atomic E-state index is -0.187. The van der Waals surface area contributed by atoms with Gasteiger partial charge >= 0.3 is 0 Å². The summed E-state index contributed by atoms with van der Waals surface area (Å²) < 4.78 is 1.46. The van der Waals surface area contributed by atoms with Gasteiger partial charge in [0.25, 0.3) is 5.56 Å². The van der Waals surface area contributed by atoms with E-state index in [0.29, 0.717) is 22.0 Å². The molecule has 7 nitrogen and oxygen atoms in total. The monoisotopic (exact) mass is 341 g/mol. The smallest absolute Gasteiger partial charge is 0.261 e. The van der Waals surface area contributed by atoms with Crippen LogP contribution in [0.15, 0.2) is 35.4 Å². The molecule has 1 aromatic carbocycles. The Morgan fingerprint density at radius 2 is 2.12 bits per heavy atom. The van der Waals surface area contributed by atoms with Crippen molar-refractivity contribution in [1.82, 2.24) is 19.7 Å². The minimum Gasteiger partial charge on any atom is -0.300 e. The van der Waals surface area contributed by atoms with Crippen LogP contribution in [0, 0.1) is 0 Å². The van der Waals surface area contributed by atoms with E-state index in [2.05, 4.69) is 20.5 Å². The second kappa shape index (κ2) is 6.12. The largest absolute Gasteiger partial charge is 0.300 e. The van der Waals surface area contributed by atoms with E-state index in [-0.39, 0.29) is 24.4 Å². The van der Waals surface area contributed by atoms with E-state index in [0.717, 1.165) is 17.8 Å². The van der Waals surface area contributed by atoms with Crippen LogP contribution in [-0.4, -0.2) is 25.7 Å². The number of para-hydroxylation sites is 1. The van der Waals surface area contributed by atoms with E-state index in [1.54, 1.807) is 18.2 Å². The molecule has 8 heteroatoms. The van der Waals surface area contributed by atoms with Crippen molar-refractivity contribution in [3.05, 3.63) is 46.0 Å². The number of anilines is 1. The Balaban J connectivity index is 1.41. The van der Waals surface area contributed by atoms with Gasteiger partial charge in [-0.15, -0.1) is 10.2 Å². The number of aromatic nitrogens is 4. The standard InChI is InChI=1S/C16H15N5O2S/c22-13(18-16-20-19-14(24-16)10-5-6-10)7-8-21-9-17-12-4-2-1-3-11(12)15(21)23/h1-4,9-10H,5-8H2,(H,18,20,22). The molecule has 24 heavy (non-hydrogen) atoms. The molecule has 0 unspecified atom stereocenters. The lowest BCUT2D eigenvalue weighted by Crippen LogP contribution is -2.23. The maximum atomic E-state index is 12.4. The Kier molecular flexibility index (Phi) is 3.81. The van der Waals surface area contributed by atoms with E-state index in [1.165, 1.54) is 22.2 Å². The molecule has 2 aromatic heterocycles. The van der Waals surface area contributed by atoms with Crippen LogP contribution >= 0.6 is 11.3 Å². The number of benzene rings is 1. The van der Waals surface area contributed by atoms with Crippen LogP contribution in [-0.2, 0) is 11.3 Å². The fraction of sp³-hybridized carbons (Fsp3) is 0.312. The molecule has 0 atom stereocenters. The number of aryl methyl sites for hydroxylation is 1. The van der Waals surface area contributed by atoms with Gasteiger partial charge in [0, 0.05) is 18.9 Å². The number of hydrogen-bond acceptors (Lipinski definition) is 6. The highest BCUT2D eigenvalue weighted by molar-refractivity contribution is 7.15. The Labute approximate surface area is 141 Å². The third-order valence-corrected chi connectivity index (χ3v) is 4.93. The van der Waals surface area contributed by atoms with Crippen molar-refractivity contribution in [3.8, 4) is 0 Å². The summed E-state index contributed by atoms with van der Waals surface area (Å²) in [5, 5.41) is 12.9. The molecule has 1 aliphatic rings. The zero-order chi connectivity index (χ0) is 16.5. The molecule has 1 N–H and O–H groups in total. The molecular formula is C16H15N5O2S. The summed E-state index contributed by atoms with van der Waals surface area (Å²) in [4.78, 5) is 28.6. The van der Waals surface area contributed by atoms with Gasteiger partial charge in [0.2, 0.25) is 11.0 Å². The highest BCUT2D eigenvalue weighted by Gasteiger charge is 2.27. The van der Waals surface area contributed by atoms with Crippen LogP contribution in [0.2, 0.25) is 0 Å². The van der Waals surface area contributed by atoms with Crippen molar-refractivity contribution < 1.29 is 4.79 Å². The number of nitrogens with zero attached hydrogens (tertiary/aromatic N) is 4. The molecule has 0 bridgehead atoms. The van der Waals surface area contributed by atoms with E-state index >= 15 is 0 Å². The van der Waals surface area contributed by atoms with Crippen molar-refractivity contribution in [2.45, 2.75) is 31.7 Å². The molecule has 0 aliphatic heterocycles. The van der Waals surface area contributed by atoms with E-state index in [4.69, 9.17) is 0 Å². The number of fused-ring (bicyclic) bond motifs is 1. The number of nitrogens with one attached hydrogen (secondary N) is 1. The lowest BCUT2D eigenvalue weighted by molar-refractivity contribution is -0.116. The normalized spacial score (nSPS) is 14.0. The fourth-order valence-corrected chi connectivity index (χ4v) is 3.38. The van der Waals surface area contributed by atoms with Gasteiger partial charge in [-0.2, -0.15) is 0 Å². The molecule has 1 amide bonds. The zero-order valence-corrected chi connectivity index (χ0v) is 13.6.